The molecule has 0 saturated heterocycles. The van der Waals surface area contributed by atoms with Gasteiger partial charge in [-0.05, 0) is 18.1 Å². The molecule has 0 heterocycles. The van der Waals surface area contributed by atoms with Gasteiger partial charge in [0, 0.05) is 17.6 Å². The van der Waals surface area contributed by atoms with Gasteiger partial charge in [0.15, 0.2) is 0 Å². The Kier molecular flexibility index (Phi) is 5.11. The molecule has 0 radical (unpaired) electrons. The molecule has 0 unspecified atom stereocenters. The van der Waals surface area contributed by atoms with Crippen LogP contribution in [0.3, 0.4) is 0 Å². The zero-order valence-corrected chi connectivity index (χ0v) is 11.4. The number of carbonyl (C=O) groups is 1. The number of carboxylic acid groups (broad SMARTS) is 1. The van der Waals surface area contributed by atoms with E-state index in [1.807, 2.05) is 13.8 Å². The Bertz CT molecular complexity index is 491. The lowest BCUT2D eigenvalue weighted by Crippen LogP contribution is -2.33. The molecule has 19 heavy (non-hydrogen) atoms. The number of aliphatic carboxylic acids is 1. The van der Waals surface area contributed by atoms with Crippen molar-refractivity contribution in [2.24, 2.45) is 5.92 Å². The topological polar surface area (TPSA) is 83.7 Å². The summed E-state index contributed by atoms with van der Waals surface area (Å²) >= 11 is 5.74. The van der Waals surface area contributed by atoms with E-state index in [-0.39, 0.29) is 28.9 Å². The number of benzene rings is 1. The van der Waals surface area contributed by atoms with Crippen molar-refractivity contribution in [2.75, 3.05) is 18.0 Å². The number of carboxylic acids is 1. The number of hydrogen-bond acceptors (Lipinski definition) is 4. The van der Waals surface area contributed by atoms with Crippen molar-refractivity contribution in [3.8, 4) is 0 Å². The highest BCUT2D eigenvalue weighted by Crippen LogP contribution is 2.31. The Morgan fingerprint density at radius 2 is 2.16 bits per heavy atom. The largest absolute Gasteiger partial charge is 0.480 e. The van der Waals surface area contributed by atoms with Crippen molar-refractivity contribution in [1.29, 1.82) is 0 Å². The molecule has 0 aliphatic rings. The lowest BCUT2D eigenvalue weighted by molar-refractivity contribution is -0.384. The van der Waals surface area contributed by atoms with E-state index < -0.39 is 10.9 Å². The highest BCUT2D eigenvalue weighted by Gasteiger charge is 2.22. The SMILES string of the molecule is CC(C)CN(CC(=O)O)c1ccc(Cl)cc1[N+](=O)[O-]. The summed E-state index contributed by atoms with van der Waals surface area (Å²) in [5.74, 6) is -0.862. The molecule has 6 nitrogen and oxygen atoms in total. The van der Waals surface area contributed by atoms with Crippen LogP contribution in [0, 0.1) is 16.0 Å². The molecule has 1 aromatic rings. The second-order valence-corrected chi connectivity index (χ2v) is 4.99. The maximum atomic E-state index is 11.0. The third kappa shape index (κ3) is 4.40. The lowest BCUT2D eigenvalue weighted by Gasteiger charge is -2.24. The van der Waals surface area contributed by atoms with Gasteiger partial charge in [-0.25, -0.2) is 0 Å². The fourth-order valence-electron chi connectivity index (χ4n) is 1.76. The maximum Gasteiger partial charge on any atom is 0.323 e. The van der Waals surface area contributed by atoms with Crippen molar-refractivity contribution in [1.82, 2.24) is 0 Å². The van der Waals surface area contributed by atoms with E-state index >= 15 is 0 Å². The van der Waals surface area contributed by atoms with Crippen molar-refractivity contribution in [3.05, 3.63) is 33.3 Å². The molecule has 1 aromatic carbocycles. The number of nitro benzene ring substituents is 1. The molecule has 0 aliphatic heterocycles. The number of nitro groups is 1. The third-order valence-electron chi connectivity index (χ3n) is 2.39. The Balaban J connectivity index is 3.20. The lowest BCUT2D eigenvalue weighted by atomic mass is 10.1. The van der Waals surface area contributed by atoms with E-state index in [2.05, 4.69) is 0 Å². The molecule has 0 atom stereocenters. The monoisotopic (exact) mass is 286 g/mol. The number of anilines is 1. The molecule has 0 spiro atoms. The van der Waals surface area contributed by atoms with Gasteiger partial charge < -0.3 is 10.0 Å². The first-order valence-electron chi connectivity index (χ1n) is 5.72. The average Bonchev–Trinajstić information content (AvgIpc) is 2.26. The summed E-state index contributed by atoms with van der Waals surface area (Å²) in [5, 5.41) is 20.2. The molecular weight excluding hydrogens is 272 g/mol. The second kappa shape index (κ2) is 6.38. The van der Waals surface area contributed by atoms with Gasteiger partial charge in [-0.15, -0.1) is 0 Å². The first kappa shape index (κ1) is 15.2. The zero-order valence-electron chi connectivity index (χ0n) is 10.7. The minimum Gasteiger partial charge on any atom is -0.480 e. The molecule has 1 rings (SSSR count). The molecule has 0 aliphatic carbocycles. The van der Waals surface area contributed by atoms with Crippen molar-refractivity contribution in [3.63, 3.8) is 0 Å². The highest BCUT2D eigenvalue weighted by molar-refractivity contribution is 6.30. The molecule has 0 saturated carbocycles. The van der Waals surface area contributed by atoms with Crippen LogP contribution in [0.15, 0.2) is 18.2 Å². The fourth-order valence-corrected chi connectivity index (χ4v) is 1.93. The minimum absolute atomic E-state index is 0.176. The average molecular weight is 287 g/mol. The van der Waals surface area contributed by atoms with E-state index in [4.69, 9.17) is 16.7 Å². The van der Waals surface area contributed by atoms with Crippen LogP contribution < -0.4 is 4.90 Å². The van der Waals surface area contributed by atoms with Crippen molar-refractivity contribution in [2.45, 2.75) is 13.8 Å². The Labute approximate surface area is 115 Å². The molecule has 0 fully saturated rings. The van der Waals surface area contributed by atoms with E-state index in [1.165, 1.54) is 23.1 Å². The first-order valence-corrected chi connectivity index (χ1v) is 6.09. The summed E-state index contributed by atoms with van der Waals surface area (Å²) < 4.78 is 0. The standard InChI is InChI=1S/C12H15ClN2O4/c1-8(2)6-14(7-12(16)17)10-4-3-9(13)5-11(10)15(18)19/h3-5,8H,6-7H2,1-2H3,(H,16,17). The van der Waals surface area contributed by atoms with Gasteiger partial charge in [-0.1, -0.05) is 25.4 Å². The van der Waals surface area contributed by atoms with Gasteiger partial charge in [-0.2, -0.15) is 0 Å². The molecule has 7 heteroatoms. The van der Waals surface area contributed by atoms with Crippen LogP contribution in [0.4, 0.5) is 11.4 Å². The van der Waals surface area contributed by atoms with E-state index in [0.717, 1.165) is 0 Å². The number of nitrogens with zero attached hydrogens (tertiary/aromatic N) is 2. The van der Waals surface area contributed by atoms with E-state index in [0.29, 0.717) is 6.54 Å². The molecule has 0 bridgehead atoms. The predicted octanol–water partition coefficient (Wildman–Crippen LogP) is 2.80. The van der Waals surface area contributed by atoms with Crippen LogP contribution in [0.1, 0.15) is 13.8 Å². The predicted molar refractivity (Wildman–Crippen MR) is 72.8 cm³/mol. The van der Waals surface area contributed by atoms with Gasteiger partial charge >= 0.3 is 5.97 Å². The quantitative estimate of drug-likeness (QED) is 0.642. The van der Waals surface area contributed by atoms with E-state index in [9.17, 15) is 14.9 Å². The Hall–Kier alpha value is -1.82. The summed E-state index contributed by atoms with van der Waals surface area (Å²) in [5.41, 5.74) is 0.0832. The van der Waals surface area contributed by atoms with Crippen LogP contribution in [0.5, 0.6) is 0 Å². The normalized spacial score (nSPS) is 10.5. The number of halogens is 1. The van der Waals surface area contributed by atoms with Crippen LogP contribution in [-0.2, 0) is 4.79 Å². The molecule has 1 N–H and O–H groups in total. The van der Waals surface area contributed by atoms with Crippen LogP contribution >= 0.6 is 11.6 Å². The molecular formula is C12H15ClN2O4. The summed E-state index contributed by atoms with van der Waals surface area (Å²) in [7, 11) is 0. The zero-order chi connectivity index (χ0) is 14.6. The second-order valence-electron chi connectivity index (χ2n) is 4.56. The number of hydrogen-bond donors (Lipinski definition) is 1. The van der Waals surface area contributed by atoms with Crippen LogP contribution in [0.25, 0.3) is 0 Å². The number of rotatable bonds is 6. The highest BCUT2D eigenvalue weighted by atomic mass is 35.5. The van der Waals surface area contributed by atoms with Crippen molar-refractivity contribution < 1.29 is 14.8 Å². The Morgan fingerprint density at radius 1 is 1.53 bits per heavy atom. The summed E-state index contributed by atoms with van der Waals surface area (Å²) in [4.78, 5) is 22.8. The van der Waals surface area contributed by atoms with E-state index in [1.54, 1.807) is 0 Å². The maximum absolute atomic E-state index is 11.0. The van der Waals surface area contributed by atoms with Crippen LogP contribution in [0.2, 0.25) is 5.02 Å². The van der Waals surface area contributed by atoms with Gasteiger partial charge in [0.05, 0.1) is 4.92 Å². The minimum atomic E-state index is -1.04. The van der Waals surface area contributed by atoms with Gasteiger partial charge in [0.25, 0.3) is 5.69 Å². The van der Waals surface area contributed by atoms with Crippen LogP contribution in [-0.4, -0.2) is 29.1 Å². The fraction of sp³-hybridized carbons (Fsp3) is 0.417. The van der Waals surface area contributed by atoms with Crippen molar-refractivity contribution >= 4 is 28.9 Å². The Morgan fingerprint density at radius 3 is 2.63 bits per heavy atom. The summed E-state index contributed by atoms with van der Waals surface area (Å²) in [6.45, 7) is 3.95. The third-order valence-corrected chi connectivity index (χ3v) is 2.62. The molecule has 104 valence electrons. The summed E-state index contributed by atoms with van der Waals surface area (Å²) in [6.07, 6.45) is 0. The smallest absolute Gasteiger partial charge is 0.323 e. The van der Waals surface area contributed by atoms with Gasteiger partial charge in [0.1, 0.15) is 12.2 Å². The van der Waals surface area contributed by atoms with Gasteiger partial charge in [-0.3, -0.25) is 14.9 Å². The molecule has 0 amide bonds. The first-order chi connectivity index (χ1) is 8.81. The van der Waals surface area contributed by atoms with Gasteiger partial charge in [0.2, 0.25) is 0 Å². The molecule has 0 aromatic heterocycles. The summed E-state index contributed by atoms with van der Waals surface area (Å²) in [6, 6.07) is 4.22.